The van der Waals surface area contributed by atoms with Crippen molar-refractivity contribution in [1.82, 2.24) is 4.90 Å². The minimum atomic E-state index is -1.12. The van der Waals surface area contributed by atoms with E-state index in [0.29, 0.717) is 17.3 Å². The highest BCUT2D eigenvalue weighted by atomic mass is 35.5. The number of nitrogens with zero attached hydrogens (tertiary/aromatic N) is 2. The Labute approximate surface area is 178 Å². The highest BCUT2D eigenvalue weighted by Gasteiger charge is 2.74. The van der Waals surface area contributed by atoms with Gasteiger partial charge in [0.25, 0.3) is 0 Å². The molecule has 152 valence electrons. The number of hydrogen-bond donors (Lipinski definition) is 1. The van der Waals surface area contributed by atoms with Crippen LogP contribution in [0.3, 0.4) is 0 Å². The van der Waals surface area contributed by atoms with Gasteiger partial charge in [-0.25, -0.2) is 4.90 Å². The molecule has 6 rings (SSSR count). The van der Waals surface area contributed by atoms with E-state index in [2.05, 4.69) is 10.2 Å². The van der Waals surface area contributed by atoms with E-state index in [4.69, 9.17) is 11.6 Å². The average molecular weight is 422 g/mol. The van der Waals surface area contributed by atoms with Crippen molar-refractivity contribution in [2.45, 2.75) is 31.3 Å². The van der Waals surface area contributed by atoms with Gasteiger partial charge in [-0.15, -0.1) is 0 Å². The Hall–Kier alpha value is -2.70. The number of benzene rings is 2. The molecule has 4 aliphatic heterocycles. The minimum absolute atomic E-state index is 0.110. The smallest absolute Gasteiger partial charge is 0.250 e. The summed E-state index contributed by atoms with van der Waals surface area (Å²) in [5, 5.41) is 3.54. The zero-order valence-electron chi connectivity index (χ0n) is 16.4. The van der Waals surface area contributed by atoms with Crippen LogP contribution in [0.15, 0.2) is 42.5 Å². The number of anilines is 2. The SMILES string of the molecule is Cc1ccc2c(c1)[C@]1(C(=O)N2)[C@@H]2C(=O)N(c3ccc(Cl)cc3)C(=O)[C@H]2[C@H]2CCCN21. The maximum Gasteiger partial charge on any atom is 0.250 e. The number of hydrogen-bond acceptors (Lipinski definition) is 4. The summed E-state index contributed by atoms with van der Waals surface area (Å²) in [6.45, 7) is 2.69. The summed E-state index contributed by atoms with van der Waals surface area (Å²) < 4.78 is 0. The van der Waals surface area contributed by atoms with Gasteiger partial charge < -0.3 is 5.32 Å². The van der Waals surface area contributed by atoms with Gasteiger partial charge in [-0.3, -0.25) is 19.3 Å². The van der Waals surface area contributed by atoms with Crippen molar-refractivity contribution in [3.05, 3.63) is 58.6 Å². The summed E-state index contributed by atoms with van der Waals surface area (Å²) in [6, 6.07) is 12.4. The molecular weight excluding hydrogens is 402 g/mol. The number of imide groups is 1. The molecule has 4 aliphatic rings. The number of nitrogens with one attached hydrogen (secondary N) is 1. The van der Waals surface area contributed by atoms with Crippen molar-refractivity contribution >= 4 is 40.7 Å². The van der Waals surface area contributed by atoms with E-state index in [-0.39, 0.29) is 23.8 Å². The fourth-order valence-electron chi connectivity index (χ4n) is 6.16. The van der Waals surface area contributed by atoms with Crippen LogP contribution in [-0.4, -0.2) is 35.2 Å². The van der Waals surface area contributed by atoms with E-state index in [0.717, 1.165) is 29.7 Å². The number of amides is 3. The van der Waals surface area contributed by atoms with Gasteiger partial charge in [0, 0.05) is 22.3 Å². The van der Waals surface area contributed by atoms with E-state index in [9.17, 15) is 14.4 Å². The van der Waals surface area contributed by atoms with E-state index in [1.165, 1.54) is 4.90 Å². The summed E-state index contributed by atoms with van der Waals surface area (Å²) in [6.07, 6.45) is 1.72. The Morgan fingerprint density at radius 1 is 1.07 bits per heavy atom. The molecule has 4 atom stereocenters. The highest BCUT2D eigenvalue weighted by molar-refractivity contribution is 6.31. The Bertz CT molecular complexity index is 1130. The van der Waals surface area contributed by atoms with Gasteiger partial charge in [0.2, 0.25) is 17.7 Å². The zero-order chi connectivity index (χ0) is 20.8. The lowest BCUT2D eigenvalue weighted by Gasteiger charge is -2.36. The standard InChI is InChI=1S/C23H20ClN3O3/c1-12-4-9-16-15(11-12)23(22(30)25-16)19-18(17-3-2-10-26(17)23)20(28)27(21(19)29)14-7-5-13(24)6-8-14/h4-9,11,17-19H,2-3,10H2,1H3,(H,25,30)/t17-,18+,19+,23-/m1/s1. The summed E-state index contributed by atoms with van der Waals surface area (Å²) >= 11 is 6.00. The number of fused-ring (bicyclic) bond motifs is 7. The molecule has 3 saturated heterocycles. The normalized spacial score (nSPS) is 32.0. The van der Waals surface area contributed by atoms with Crippen molar-refractivity contribution in [2.75, 3.05) is 16.8 Å². The first kappa shape index (κ1) is 18.1. The predicted octanol–water partition coefficient (Wildman–Crippen LogP) is 3.08. The van der Waals surface area contributed by atoms with Gasteiger partial charge in [0.1, 0.15) is 5.54 Å². The first-order valence-electron chi connectivity index (χ1n) is 10.3. The third-order valence-corrected chi connectivity index (χ3v) is 7.48. The lowest BCUT2D eigenvalue weighted by atomic mass is 9.75. The summed E-state index contributed by atoms with van der Waals surface area (Å²) in [5.41, 5.74) is 1.97. The van der Waals surface area contributed by atoms with Crippen LogP contribution in [0.1, 0.15) is 24.0 Å². The van der Waals surface area contributed by atoms with Gasteiger partial charge in [-0.1, -0.05) is 29.3 Å². The van der Waals surface area contributed by atoms with Crippen LogP contribution in [0.5, 0.6) is 0 Å². The second-order valence-electron chi connectivity index (χ2n) is 8.66. The van der Waals surface area contributed by atoms with E-state index in [1.54, 1.807) is 24.3 Å². The molecule has 0 aliphatic carbocycles. The van der Waals surface area contributed by atoms with Gasteiger partial charge >= 0.3 is 0 Å². The van der Waals surface area contributed by atoms with Crippen molar-refractivity contribution in [3.8, 4) is 0 Å². The quantitative estimate of drug-likeness (QED) is 0.718. The molecule has 2 aromatic rings. The fourth-order valence-corrected chi connectivity index (χ4v) is 6.29. The van der Waals surface area contributed by atoms with Gasteiger partial charge in [0.15, 0.2) is 0 Å². The van der Waals surface area contributed by atoms with Gasteiger partial charge in [-0.05, 0) is 56.6 Å². The Morgan fingerprint density at radius 3 is 2.60 bits per heavy atom. The largest absolute Gasteiger partial charge is 0.324 e. The van der Waals surface area contributed by atoms with E-state index in [1.807, 2.05) is 25.1 Å². The topological polar surface area (TPSA) is 69.7 Å². The number of aryl methyl sites for hydroxylation is 1. The molecule has 3 amide bonds. The van der Waals surface area contributed by atoms with Crippen molar-refractivity contribution < 1.29 is 14.4 Å². The number of halogens is 1. The second kappa shape index (κ2) is 5.93. The third-order valence-electron chi connectivity index (χ3n) is 7.23. The molecule has 7 heteroatoms. The molecule has 0 unspecified atom stereocenters. The molecule has 1 N–H and O–H groups in total. The van der Waals surface area contributed by atoms with Crippen LogP contribution < -0.4 is 10.2 Å². The lowest BCUT2D eigenvalue weighted by Crippen LogP contribution is -2.54. The van der Waals surface area contributed by atoms with Gasteiger partial charge in [0.05, 0.1) is 17.5 Å². The molecule has 1 spiro atoms. The Kier molecular flexibility index (Phi) is 3.58. The maximum atomic E-state index is 13.8. The maximum absolute atomic E-state index is 13.8. The predicted molar refractivity (Wildman–Crippen MR) is 112 cm³/mol. The summed E-state index contributed by atoms with van der Waals surface area (Å²) in [5.74, 6) is -1.95. The number of rotatable bonds is 1. The molecule has 0 bridgehead atoms. The van der Waals surface area contributed by atoms with Crippen LogP contribution in [-0.2, 0) is 19.9 Å². The van der Waals surface area contributed by atoms with Gasteiger partial charge in [-0.2, -0.15) is 0 Å². The van der Waals surface area contributed by atoms with Crippen LogP contribution >= 0.6 is 11.6 Å². The molecule has 0 aromatic heterocycles. The third kappa shape index (κ3) is 2.01. The first-order valence-corrected chi connectivity index (χ1v) is 10.6. The molecule has 6 nitrogen and oxygen atoms in total. The summed E-state index contributed by atoms with van der Waals surface area (Å²) in [4.78, 5) is 44.3. The minimum Gasteiger partial charge on any atom is -0.324 e. The fraction of sp³-hybridized carbons (Fsp3) is 0.348. The summed E-state index contributed by atoms with van der Waals surface area (Å²) in [7, 11) is 0. The zero-order valence-corrected chi connectivity index (χ0v) is 17.1. The van der Waals surface area contributed by atoms with Crippen LogP contribution in [0, 0.1) is 18.8 Å². The van der Waals surface area contributed by atoms with E-state index >= 15 is 0 Å². The number of carbonyl (C=O) groups is 3. The van der Waals surface area contributed by atoms with Crippen molar-refractivity contribution in [3.63, 3.8) is 0 Å². The van der Waals surface area contributed by atoms with Crippen LogP contribution in [0.4, 0.5) is 11.4 Å². The Morgan fingerprint density at radius 2 is 1.83 bits per heavy atom. The van der Waals surface area contributed by atoms with Crippen molar-refractivity contribution in [2.24, 2.45) is 11.8 Å². The molecular formula is C23H20ClN3O3. The van der Waals surface area contributed by atoms with Crippen molar-refractivity contribution in [1.29, 1.82) is 0 Å². The monoisotopic (exact) mass is 421 g/mol. The molecule has 2 aromatic carbocycles. The van der Waals surface area contributed by atoms with Crippen LogP contribution in [0.25, 0.3) is 0 Å². The molecule has 4 heterocycles. The molecule has 30 heavy (non-hydrogen) atoms. The van der Waals surface area contributed by atoms with E-state index < -0.39 is 17.4 Å². The Balaban J connectivity index is 1.56. The average Bonchev–Trinajstić information content (AvgIpc) is 3.42. The first-order chi connectivity index (χ1) is 14.4. The lowest BCUT2D eigenvalue weighted by molar-refractivity contribution is -0.135. The second-order valence-corrected chi connectivity index (χ2v) is 9.10. The molecule has 0 saturated carbocycles. The highest BCUT2D eigenvalue weighted by Crippen LogP contribution is 2.60. The van der Waals surface area contributed by atoms with Crippen LogP contribution in [0.2, 0.25) is 5.02 Å². The number of carbonyl (C=O) groups excluding carboxylic acids is 3. The molecule has 3 fully saturated rings. The molecule has 0 radical (unpaired) electrons.